The summed E-state index contributed by atoms with van der Waals surface area (Å²) >= 11 is 0. The third-order valence-electron chi connectivity index (χ3n) is 4.30. The van der Waals surface area contributed by atoms with Crippen LogP contribution in [0.1, 0.15) is 29.6 Å². The topological polar surface area (TPSA) is 121 Å². The number of rotatable bonds is 3. The largest absolute Gasteiger partial charge is 0.383 e. The molecule has 9 heteroatoms. The van der Waals surface area contributed by atoms with E-state index in [1.165, 1.54) is 6.08 Å². The van der Waals surface area contributed by atoms with Gasteiger partial charge in [0.25, 0.3) is 5.70 Å². The number of ether oxygens (including phenoxy) is 1. The van der Waals surface area contributed by atoms with Gasteiger partial charge in [0.15, 0.2) is 0 Å². The minimum atomic E-state index is -0.385. The molecule has 1 unspecified atom stereocenters. The van der Waals surface area contributed by atoms with E-state index in [-0.39, 0.29) is 22.6 Å². The van der Waals surface area contributed by atoms with Gasteiger partial charge >= 0.3 is 0 Å². The molecule has 0 spiro atoms. The van der Waals surface area contributed by atoms with Crippen molar-refractivity contribution in [2.24, 2.45) is 10.7 Å². The molecule has 1 saturated heterocycles. The predicted molar refractivity (Wildman–Crippen MR) is 82.9 cm³/mol. The van der Waals surface area contributed by atoms with Gasteiger partial charge in [-0.05, 0) is 12.5 Å². The van der Waals surface area contributed by atoms with Crippen LogP contribution in [0.4, 0.5) is 5.82 Å². The van der Waals surface area contributed by atoms with Gasteiger partial charge in [0.1, 0.15) is 24.4 Å². The number of amidine groups is 1. The summed E-state index contributed by atoms with van der Waals surface area (Å²) in [6.45, 7) is 1.67. The molecule has 1 aliphatic carbocycles. The van der Waals surface area contributed by atoms with E-state index < -0.39 is 0 Å². The van der Waals surface area contributed by atoms with Crippen LogP contribution in [0.2, 0.25) is 0 Å². The van der Waals surface area contributed by atoms with Crippen molar-refractivity contribution in [3.63, 3.8) is 0 Å². The molecule has 4 rings (SSSR count). The number of aromatic nitrogens is 2. The fraction of sp³-hybridized carbons (Fsp3) is 0.429. The van der Waals surface area contributed by atoms with Crippen molar-refractivity contribution >= 4 is 11.7 Å². The number of anilines is 1. The number of nitrogens with zero attached hydrogens (tertiary/aromatic N) is 4. The van der Waals surface area contributed by atoms with Gasteiger partial charge in [-0.2, -0.15) is 5.10 Å². The fourth-order valence-electron chi connectivity index (χ4n) is 2.99. The molecule has 1 aromatic heterocycles. The number of nitrogens with two attached hydrogens (primary N) is 1. The zero-order valence-corrected chi connectivity index (χ0v) is 12.3. The van der Waals surface area contributed by atoms with E-state index in [1.54, 1.807) is 6.08 Å². The van der Waals surface area contributed by atoms with Gasteiger partial charge in [0.2, 0.25) is 0 Å². The molecule has 120 valence electrons. The van der Waals surface area contributed by atoms with Crippen LogP contribution in [0.3, 0.4) is 0 Å². The Morgan fingerprint density at radius 2 is 2.30 bits per heavy atom. The fourth-order valence-corrected chi connectivity index (χ4v) is 2.99. The number of allylic oxidation sites excluding steroid dienone is 3. The lowest BCUT2D eigenvalue weighted by Gasteiger charge is -2.28. The normalized spacial score (nSPS) is 23.4. The number of nitrogens with one attached hydrogen (secondary N) is 1. The zero-order valence-electron chi connectivity index (χ0n) is 12.3. The Bertz CT molecular complexity index is 759. The molecular weight excluding hydrogens is 300 g/mol. The summed E-state index contributed by atoms with van der Waals surface area (Å²) in [5.41, 5.74) is 7.80. The second-order valence-corrected chi connectivity index (χ2v) is 5.71. The summed E-state index contributed by atoms with van der Waals surface area (Å²) in [5.74, 6) is 1.26. The highest BCUT2D eigenvalue weighted by molar-refractivity contribution is 6.04. The van der Waals surface area contributed by atoms with E-state index in [0.29, 0.717) is 32.1 Å². The first-order chi connectivity index (χ1) is 11.1. The third kappa shape index (κ3) is 2.20. The highest BCUT2D eigenvalue weighted by atomic mass is 16.6. The number of hydrogen-bond acceptors (Lipinski definition) is 7. The number of nitro groups is 1. The summed E-state index contributed by atoms with van der Waals surface area (Å²) in [4.78, 5) is 14.7. The molecule has 3 N–H and O–H groups in total. The molecule has 1 fully saturated rings. The van der Waals surface area contributed by atoms with E-state index in [2.05, 4.69) is 10.3 Å². The zero-order chi connectivity index (χ0) is 16.0. The minimum Gasteiger partial charge on any atom is -0.383 e. The van der Waals surface area contributed by atoms with E-state index in [0.717, 1.165) is 17.1 Å². The van der Waals surface area contributed by atoms with Crippen LogP contribution >= 0.6 is 0 Å². The van der Waals surface area contributed by atoms with Crippen molar-refractivity contribution in [3.8, 4) is 0 Å². The number of aliphatic imine (C=N–C) groups is 1. The smallest absolute Gasteiger partial charge is 0.265 e. The molecule has 0 amide bonds. The lowest BCUT2D eigenvalue weighted by molar-refractivity contribution is -0.419. The summed E-state index contributed by atoms with van der Waals surface area (Å²) in [7, 11) is 0. The van der Waals surface area contributed by atoms with Crippen molar-refractivity contribution in [1.29, 1.82) is 0 Å². The molecular formula is C14H16N6O3. The maximum absolute atomic E-state index is 10.8. The van der Waals surface area contributed by atoms with E-state index in [9.17, 15) is 10.1 Å². The lowest BCUT2D eigenvalue weighted by atomic mass is 9.93. The molecule has 0 saturated carbocycles. The molecule has 1 aromatic rings. The van der Waals surface area contributed by atoms with E-state index in [1.807, 2.05) is 10.8 Å². The highest BCUT2D eigenvalue weighted by Crippen LogP contribution is 2.35. The first kappa shape index (κ1) is 13.9. The Morgan fingerprint density at radius 3 is 2.91 bits per heavy atom. The van der Waals surface area contributed by atoms with Gasteiger partial charge < -0.3 is 15.8 Å². The van der Waals surface area contributed by atoms with Gasteiger partial charge in [-0.3, -0.25) is 10.1 Å². The second-order valence-electron chi connectivity index (χ2n) is 5.71. The SMILES string of the molecule is NC1=NCNc2c1c(C1C=CC([N+](=O)[O-])=CC1)nn2C1COC1. The van der Waals surface area contributed by atoms with Crippen molar-refractivity contribution in [2.75, 3.05) is 25.2 Å². The second kappa shape index (κ2) is 5.20. The summed E-state index contributed by atoms with van der Waals surface area (Å²) in [6, 6.07) is 0.188. The Kier molecular flexibility index (Phi) is 3.15. The van der Waals surface area contributed by atoms with Crippen molar-refractivity contribution in [3.05, 3.63) is 45.3 Å². The molecule has 9 nitrogen and oxygen atoms in total. The standard InChI is InChI=1S/C14H16N6O3/c15-13-11-12(8-1-3-9(4-2-8)20(21)22)18-19(10-5-23-6-10)14(11)17-7-16-13/h1,3-4,8,10,17H,2,5-7H2,(H2,15,16). The maximum Gasteiger partial charge on any atom is 0.265 e. The van der Waals surface area contributed by atoms with E-state index >= 15 is 0 Å². The van der Waals surface area contributed by atoms with Gasteiger partial charge in [-0.1, -0.05) is 6.08 Å². The number of hydrogen-bond donors (Lipinski definition) is 2. The Morgan fingerprint density at radius 1 is 1.48 bits per heavy atom. The van der Waals surface area contributed by atoms with Crippen molar-refractivity contribution in [2.45, 2.75) is 18.4 Å². The Balaban J connectivity index is 1.72. The average molecular weight is 316 g/mol. The predicted octanol–water partition coefficient (Wildman–Crippen LogP) is 0.747. The maximum atomic E-state index is 10.8. The molecule has 3 heterocycles. The van der Waals surface area contributed by atoms with E-state index in [4.69, 9.17) is 15.6 Å². The summed E-state index contributed by atoms with van der Waals surface area (Å²) < 4.78 is 7.17. The van der Waals surface area contributed by atoms with Crippen molar-refractivity contribution < 1.29 is 9.66 Å². The van der Waals surface area contributed by atoms with Crippen LogP contribution in [0.15, 0.2) is 28.9 Å². The van der Waals surface area contributed by atoms with Gasteiger partial charge in [-0.25, -0.2) is 9.67 Å². The molecule has 3 aliphatic rings. The van der Waals surface area contributed by atoms with Crippen LogP contribution in [0.25, 0.3) is 0 Å². The third-order valence-corrected chi connectivity index (χ3v) is 4.30. The average Bonchev–Trinajstić information content (AvgIpc) is 2.87. The Hall–Kier alpha value is -2.68. The molecule has 1 atom stereocenters. The summed E-state index contributed by atoms with van der Waals surface area (Å²) in [6.07, 6.45) is 5.47. The molecule has 2 aliphatic heterocycles. The quantitative estimate of drug-likeness (QED) is 0.627. The first-order valence-electron chi connectivity index (χ1n) is 7.42. The van der Waals surface area contributed by atoms with Crippen LogP contribution in [0.5, 0.6) is 0 Å². The molecule has 0 bridgehead atoms. The van der Waals surface area contributed by atoms with Crippen LogP contribution < -0.4 is 11.1 Å². The van der Waals surface area contributed by atoms with Crippen LogP contribution in [0, 0.1) is 10.1 Å². The Labute approximate surface area is 131 Å². The van der Waals surface area contributed by atoms with Crippen LogP contribution in [-0.2, 0) is 4.74 Å². The van der Waals surface area contributed by atoms with Crippen LogP contribution in [-0.4, -0.2) is 40.4 Å². The van der Waals surface area contributed by atoms with Crippen molar-refractivity contribution in [1.82, 2.24) is 9.78 Å². The van der Waals surface area contributed by atoms with Gasteiger partial charge in [0, 0.05) is 12.0 Å². The first-order valence-corrected chi connectivity index (χ1v) is 7.42. The molecule has 0 aromatic carbocycles. The minimum absolute atomic E-state index is 0.0525. The highest BCUT2D eigenvalue weighted by Gasteiger charge is 2.33. The monoisotopic (exact) mass is 316 g/mol. The van der Waals surface area contributed by atoms with Gasteiger partial charge in [-0.15, -0.1) is 0 Å². The number of fused-ring (bicyclic) bond motifs is 1. The van der Waals surface area contributed by atoms with Gasteiger partial charge in [0.05, 0.1) is 29.4 Å². The molecule has 0 radical (unpaired) electrons. The molecule has 23 heavy (non-hydrogen) atoms. The summed E-state index contributed by atoms with van der Waals surface area (Å²) in [5, 5.41) is 18.8. The lowest BCUT2D eigenvalue weighted by Crippen LogP contribution is -2.33.